The van der Waals surface area contributed by atoms with E-state index in [-0.39, 0.29) is 5.56 Å². The van der Waals surface area contributed by atoms with Crippen molar-refractivity contribution in [3.05, 3.63) is 45.5 Å². The lowest BCUT2D eigenvalue weighted by atomic mass is 10.0. The average molecular weight is 292 g/mol. The quantitative estimate of drug-likeness (QED) is 0.853. The van der Waals surface area contributed by atoms with E-state index < -0.39 is 0 Å². The number of hydrogen-bond donors (Lipinski definition) is 0. The zero-order valence-electron chi connectivity index (χ0n) is 11.6. The van der Waals surface area contributed by atoms with Gasteiger partial charge in [0.25, 0.3) is 5.56 Å². The fraction of sp³-hybridized carbons (Fsp3) is 0.467. The smallest absolute Gasteiger partial charge is 0.258 e. The summed E-state index contributed by atoms with van der Waals surface area (Å²) >= 11 is 5.91. The first-order valence-corrected chi connectivity index (χ1v) is 7.40. The summed E-state index contributed by atoms with van der Waals surface area (Å²) in [5.74, 6) is 0.726. The van der Waals surface area contributed by atoms with Crippen LogP contribution in [0.3, 0.4) is 0 Å². The van der Waals surface area contributed by atoms with Crippen LogP contribution in [0.15, 0.2) is 29.2 Å². The van der Waals surface area contributed by atoms with Crippen LogP contribution in [0.1, 0.15) is 25.5 Å². The second kappa shape index (κ2) is 5.54. The van der Waals surface area contributed by atoms with Gasteiger partial charge in [-0.2, -0.15) is 0 Å². The predicted octanol–water partition coefficient (Wildman–Crippen LogP) is 2.58. The molecule has 106 valence electrons. The monoisotopic (exact) mass is 291 g/mol. The lowest BCUT2D eigenvalue weighted by molar-refractivity contribution is 0.175. The summed E-state index contributed by atoms with van der Waals surface area (Å²) < 4.78 is 1.49. The van der Waals surface area contributed by atoms with Gasteiger partial charge in [-0.3, -0.25) is 14.1 Å². The molecule has 1 saturated heterocycles. The molecule has 0 N–H and O–H groups in total. The molecule has 0 aliphatic carbocycles. The molecule has 5 heteroatoms. The number of nitrogens with zero attached hydrogens (tertiary/aromatic N) is 3. The summed E-state index contributed by atoms with van der Waals surface area (Å²) in [6.45, 7) is 5.20. The van der Waals surface area contributed by atoms with Gasteiger partial charge >= 0.3 is 0 Å². The number of likely N-dealkylation sites (tertiary alicyclic amines) is 1. The van der Waals surface area contributed by atoms with Crippen molar-refractivity contribution >= 4 is 17.2 Å². The lowest BCUT2D eigenvalue weighted by Gasteiger charge is -2.30. The van der Waals surface area contributed by atoms with Crippen LogP contribution >= 0.6 is 11.6 Å². The minimum absolute atomic E-state index is 0.0717. The SMILES string of the molecule is CC1CCCN(Cc2cc(=O)n3cc(Cl)ccc3n2)C1. The highest BCUT2D eigenvalue weighted by Gasteiger charge is 2.17. The molecule has 0 bridgehead atoms. The molecule has 1 aliphatic rings. The molecule has 1 unspecified atom stereocenters. The fourth-order valence-corrected chi connectivity index (χ4v) is 3.03. The van der Waals surface area contributed by atoms with E-state index in [0.29, 0.717) is 10.7 Å². The molecule has 1 atom stereocenters. The van der Waals surface area contributed by atoms with Crippen molar-refractivity contribution in [1.29, 1.82) is 0 Å². The van der Waals surface area contributed by atoms with Gasteiger partial charge in [0.2, 0.25) is 0 Å². The van der Waals surface area contributed by atoms with E-state index in [0.717, 1.165) is 31.2 Å². The molecule has 3 heterocycles. The van der Waals surface area contributed by atoms with Crippen molar-refractivity contribution < 1.29 is 0 Å². The first-order valence-electron chi connectivity index (χ1n) is 7.02. The molecule has 4 nitrogen and oxygen atoms in total. The Morgan fingerprint density at radius 1 is 1.45 bits per heavy atom. The van der Waals surface area contributed by atoms with E-state index in [4.69, 9.17) is 11.6 Å². The first kappa shape index (κ1) is 13.6. The maximum absolute atomic E-state index is 12.1. The third-order valence-corrected chi connectivity index (χ3v) is 4.03. The molecule has 3 rings (SSSR count). The molecular weight excluding hydrogens is 274 g/mol. The van der Waals surface area contributed by atoms with Gasteiger partial charge in [0.15, 0.2) is 0 Å². The number of pyridine rings is 1. The third kappa shape index (κ3) is 2.86. The Labute approximate surface area is 123 Å². The van der Waals surface area contributed by atoms with Crippen molar-refractivity contribution in [2.24, 2.45) is 5.92 Å². The maximum Gasteiger partial charge on any atom is 0.258 e. The Hall–Kier alpha value is -1.39. The van der Waals surface area contributed by atoms with Crippen LogP contribution in [0, 0.1) is 5.92 Å². The largest absolute Gasteiger partial charge is 0.297 e. The Bertz CT molecular complexity index is 682. The number of rotatable bonds is 2. The Morgan fingerprint density at radius 3 is 3.10 bits per heavy atom. The number of fused-ring (bicyclic) bond motifs is 1. The van der Waals surface area contributed by atoms with Crippen LogP contribution in [0.5, 0.6) is 0 Å². The molecule has 0 amide bonds. The number of halogens is 1. The van der Waals surface area contributed by atoms with Gasteiger partial charge in [0.1, 0.15) is 5.65 Å². The zero-order chi connectivity index (χ0) is 14.1. The highest BCUT2D eigenvalue weighted by atomic mass is 35.5. The normalized spacial score (nSPS) is 20.4. The lowest BCUT2D eigenvalue weighted by Crippen LogP contribution is -2.34. The van der Waals surface area contributed by atoms with E-state index >= 15 is 0 Å². The third-order valence-electron chi connectivity index (χ3n) is 3.80. The molecule has 0 spiro atoms. The Balaban J connectivity index is 1.89. The molecule has 0 radical (unpaired) electrons. The van der Waals surface area contributed by atoms with Crippen LogP contribution in [0.25, 0.3) is 5.65 Å². The van der Waals surface area contributed by atoms with E-state index in [9.17, 15) is 4.79 Å². The number of piperidine rings is 1. The predicted molar refractivity (Wildman–Crippen MR) is 80.1 cm³/mol. The Morgan fingerprint density at radius 2 is 2.30 bits per heavy atom. The van der Waals surface area contributed by atoms with Crippen molar-refractivity contribution in [1.82, 2.24) is 14.3 Å². The number of hydrogen-bond acceptors (Lipinski definition) is 3. The highest BCUT2D eigenvalue weighted by Crippen LogP contribution is 2.17. The van der Waals surface area contributed by atoms with Crippen molar-refractivity contribution in [3.8, 4) is 0 Å². The Kier molecular flexibility index (Phi) is 3.76. The molecule has 20 heavy (non-hydrogen) atoms. The molecule has 1 fully saturated rings. The summed E-state index contributed by atoms with van der Waals surface area (Å²) in [5, 5.41) is 0.541. The van der Waals surface area contributed by atoms with Gasteiger partial charge in [-0.15, -0.1) is 0 Å². The molecule has 0 saturated carbocycles. The van der Waals surface area contributed by atoms with Crippen LogP contribution < -0.4 is 5.56 Å². The summed E-state index contributed by atoms with van der Waals surface area (Å²) in [6, 6.07) is 5.16. The number of aromatic nitrogens is 2. The van der Waals surface area contributed by atoms with Gasteiger partial charge in [0, 0.05) is 25.4 Å². The van der Waals surface area contributed by atoms with Gasteiger partial charge in [0.05, 0.1) is 10.7 Å². The minimum Gasteiger partial charge on any atom is -0.297 e. The van der Waals surface area contributed by atoms with Gasteiger partial charge in [-0.1, -0.05) is 18.5 Å². The summed E-state index contributed by atoms with van der Waals surface area (Å²) in [4.78, 5) is 19.0. The molecule has 0 aromatic carbocycles. The highest BCUT2D eigenvalue weighted by molar-refractivity contribution is 6.30. The molecule has 2 aromatic heterocycles. The fourth-order valence-electron chi connectivity index (χ4n) is 2.87. The topological polar surface area (TPSA) is 37.6 Å². The minimum atomic E-state index is -0.0717. The molecule has 1 aliphatic heterocycles. The summed E-state index contributed by atoms with van der Waals surface area (Å²) in [5.41, 5.74) is 1.42. The van der Waals surface area contributed by atoms with Crippen LogP contribution in [-0.4, -0.2) is 27.4 Å². The van der Waals surface area contributed by atoms with E-state index in [2.05, 4.69) is 16.8 Å². The zero-order valence-corrected chi connectivity index (χ0v) is 12.3. The van der Waals surface area contributed by atoms with Crippen molar-refractivity contribution in [2.75, 3.05) is 13.1 Å². The van der Waals surface area contributed by atoms with Gasteiger partial charge < -0.3 is 0 Å². The van der Waals surface area contributed by atoms with Crippen LogP contribution in [0.2, 0.25) is 5.02 Å². The first-order chi connectivity index (χ1) is 9.61. The summed E-state index contributed by atoms with van der Waals surface area (Å²) in [7, 11) is 0. The standard InChI is InChI=1S/C15H18ClN3O/c1-11-3-2-6-18(8-11)10-13-7-15(20)19-9-12(16)4-5-14(19)17-13/h4-5,7,9,11H,2-3,6,8,10H2,1H3. The summed E-state index contributed by atoms with van der Waals surface area (Å²) in [6.07, 6.45) is 4.13. The van der Waals surface area contributed by atoms with E-state index in [1.54, 1.807) is 24.4 Å². The molecule has 2 aromatic rings. The van der Waals surface area contributed by atoms with Gasteiger partial charge in [-0.05, 0) is 37.4 Å². The second-order valence-electron chi connectivity index (χ2n) is 5.64. The van der Waals surface area contributed by atoms with Crippen LogP contribution in [0.4, 0.5) is 0 Å². The average Bonchev–Trinajstić information content (AvgIpc) is 2.40. The second-order valence-corrected chi connectivity index (χ2v) is 6.08. The molecular formula is C15H18ClN3O. The van der Waals surface area contributed by atoms with E-state index in [1.807, 2.05) is 0 Å². The van der Waals surface area contributed by atoms with Crippen molar-refractivity contribution in [3.63, 3.8) is 0 Å². The van der Waals surface area contributed by atoms with Crippen LogP contribution in [-0.2, 0) is 6.54 Å². The van der Waals surface area contributed by atoms with Gasteiger partial charge in [-0.25, -0.2) is 4.98 Å². The maximum atomic E-state index is 12.1. The van der Waals surface area contributed by atoms with Crippen molar-refractivity contribution in [2.45, 2.75) is 26.3 Å². The van der Waals surface area contributed by atoms with E-state index in [1.165, 1.54) is 17.2 Å².